The van der Waals surface area contributed by atoms with Crippen molar-refractivity contribution in [3.05, 3.63) is 35.0 Å². The van der Waals surface area contributed by atoms with Crippen molar-refractivity contribution >= 4 is 18.7 Å². The molecule has 6 nitrogen and oxygen atoms in total. The van der Waals surface area contributed by atoms with E-state index in [9.17, 15) is 13.2 Å². The summed E-state index contributed by atoms with van der Waals surface area (Å²) in [6.45, 7) is 4.18. The molecule has 2 heterocycles. The van der Waals surface area contributed by atoms with Crippen molar-refractivity contribution in [1.82, 2.24) is 10.3 Å². The second kappa shape index (κ2) is 7.22. The number of fused-ring (bicyclic) bond motifs is 4. The Morgan fingerprint density at radius 3 is 2.52 bits per heavy atom. The average Bonchev–Trinajstić information content (AvgIpc) is 2.90. The number of halogens is 3. The van der Waals surface area contributed by atoms with Gasteiger partial charge in [0, 0.05) is 16.6 Å². The Bertz CT molecular complexity index is 869. The second-order valence-electron chi connectivity index (χ2n) is 7.20. The predicted molar refractivity (Wildman–Crippen MR) is 94.1 cm³/mol. The monoisotopic (exact) mass is 406 g/mol. The van der Waals surface area contributed by atoms with E-state index in [1.807, 2.05) is 0 Å². The number of benzene rings is 1. The van der Waals surface area contributed by atoms with Gasteiger partial charge in [0.15, 0.2) is 0 Å². The summed E-state index contributed by atoms with van der Waals surface area (Å²) in [4.78, 5) is 24.9. The van der Waals surface area contributed by atoms with Gasteiger partial charge in [0.05, 0.1) is 5.56 Å². The summed E-state index contributed by atoms with van der Waals surface area (Å²) in [6, 6.07) is 4.06. The van der Waals surface area contributed by atoms with Crippen molar-refractivity contribution in [3.8, 4) is 0 Å². The number of aromatic nitrogens is 1. The van der Waals surface area contributed by atoms with Gasteiger partial charge in [0.2, 0.25) is 0 Å². The van der Waals surface area contributed by atoms with Gasteiger partial charge in [-0.2, -0.15) is 13.2 Å². The Hall–Kier alpha value is -1.38. The summed E-state index contributed by atoms with van der Waals surface area (Å²) in [6.07, 6.45) is -2.18. The maximum Gasteiger partial charge on any atom is 0.466 e. The predicted octanol–water partition coefficient (Wildman–Crippen LogP) is 3.14. The Morgan fingerprint density at radius 1 is 1.22 bits per heavy atom. The lowest BCUT2D eigenvalue weighted by Crippen LogP contribution is -2.42. The van der Waals surface area contributed by atoms with Crippen LogP contribution in [0.15, 0.2) is 18.2 Å². The van der Waals surface area contributed by atoms with Gasteiger partial charge in [-0.3, -0.25) is 0 Å². The van der Waals surface area contributed by atoms with E-state index in [2.05, 4.69) is 17.2 Å². The van der Waals surface area contributed by atoms with Crippen molar-refractivity contribution in [2.75, 3.05) is 13.1 Å². The molecule has 0 unspecified atom stereocenters. The van der Waals surface area contributed by atoms with Crippen molar-refractivity contribution in [3.63, 3.8) is 0 Å². The minimum absolute atomic E-state index is 0.291. The largest absolute Gasteiger partial charge is 0.466 e. The van der Waals surface area contributed by atoms with Gasteiger partial charge in [-0.05, 0) is 67.4 Å². The second-order valence-corrected chi connectivity index (χ2v) is 8.22. The van der Waals surface area contributed by atoms with Crippen LogP contribution >= 0.6 is 7.82 Å². The minimum atomic E-state index is -4.64. The highest BCUT2D eigenvalue weighted by molar-refractivity contribution is 7.45. The molecule has 1 aliphatic carbocycles. The molecule has 1 aromatic carbocycles. The molecule has 0 saturated carbocycles. The van der Waals surface area contributed by atoms with Gasteiger partial charge in [-0.25, -0.2) is 4.57 Å². The summed E-state index contributed by atoms with van der Waals surface area (Å²) >= 11 is 0. The number of aromatic amines is 1. The summed E-state index contributed by atoms with van der Waals surface area (Å²) in [5, 5.41) is 4.18. The number of nitrogens with one attached hydrogen (secondary N) is 2. The molecule has 1 saturated heterocycles. The summed E-state index contributed by atoms with van der Waals surface area (Å²) in [5.74, 6) is 1.45. The number of phosphoric acid groups is 1. The Balaban J connectivity index is 0.000000376. The Morgan fingerprint density at radius 2 is 1.89 bits per heavy atom. The molecule has 10 heteroatoms. The molecular formula is C17H22F3N2O4P. The molecule has 3 atom stereocenters. The smallest absolute Gasteiger partial charge is 0.358 e. The highest BCUT2D eigenvalue weighted by Crippen LogP contribution is 2.45. The average molecular weight is 406 g/mol. The molecule has 0 spiro atoms. The van der Waals surface area contributed by atoms with Crippen LogP contribution in [0.25, 0.3) is 10.9 Å². The van der Waals surface area contributed by atoms with E-state index in [-0.39, 0.29) is 0 Å². The maximum atomic E-state index is 13.0. The third-order valence-corrected chi connectivity index (χ3v) is 5.49. The molecule has 0 radical (unpaired) electrons. The Labute approximate surface area is 154 Å². The molecule has 5 N–H and O–H groups in total. The van der Waals surface area contributed by atoms with Gasteiger partial charge in [-0.15, -0.1) is 0 Å². The van der Waals surface area contributed by atoms with E-state index in [4.69, 9.17) is 19.2 Å². The fraction of sp³-hybridized carbons (Fsp3) is 0.529. The van der Waals surface area contributed by atoms with E-state index >= 15 is 0 Å². The lowest BCUT2D eigenvalue weighted by Gasteiger charge is -2.40. The molecule has 150 valence electrons. The van der Waals surface area contributed by atoms with Crippen LogP contribution in [0.5, 0.6) is 0 Å². The van der Waals surface area contributed by atoms with Gasteiger partial charge in [0.1, 0.15) is 0 Å². The Kier molecular flexibility index (Phi) is 5.44. The SMILES string of the molecule is C[C@H]1c2c([nH]c3ccc(C(F)(F)F)cc23)C[C@H]2CCNC[C@@H]21.O=P(O)(O)O. The molecule has 27 heavy (non-hydrogen) atoms. The molecule has 2 aromatic rings. The number of H-pyrrole nitrogens is 1. The fourth-order valence-electron chi connectivity index (χ4n) is 4.38. The van der Waals surface area contributed by atoms with E-state index in [1.165, 1.54) is 12.1 Å². The summed E-state index contributed by atoms with van der Waals surface area (Å²) < 4.78 is 47.9. The van der Waals surface area contributed by atoms with Gasteiger partial charge < -0.3 is 25.0 Å². The highest BCUT2D eigenvalue weighted by atomic mass is 31.2. The molecule has 1 aromatic heterocycles. The number of piperidine rings is 1. The zero-order valence-corrected chi connectivity index (χ0v) is 15.5. The molecule has 1 fully saturated rings. The zero-order chi connectivity index (χ0) is 20.0. The van der Waals surface area contributed by atoms with Crippen molar-refractivity contribution in [1.29, 1.82) is 0 Å². The number of rotatable bonds is 0. The lowest BCUT2D eigenvalue weighted by atomic mass is 9.68. The fourth-order valence-corrected chi connectivity index (χ4v) is 4.38. The van der Waals surface area contributed by atoms with Crippen molar-refractivity contribution in [2.24, 2.45) is 11.8 Å². The maximum absolute atomic E-state index is 13.0. The first-order chi connectivity index (χ1) is 12.4. The molecule has 0 amide bonds. The normalized spacial score (nSPS) is 25.4. The quantitative estimate of drug-likeness (QED) is 0.433. The third-order valence-electron chi connectivity index (χ3n) is 5.49. The van der Waals surface area contributed by atoms with Crippen LogP contribution in [-0.2, 0) is 17.2 Å². The van der Waals surface area contributed by atoms with Crippen molar-refractivity contribution in [2.45, 2.75) is 31.9 Å². The molecule has 4 rings (SSSR count). The van der Waals surface area contributed by atoms with Gasteiger partial charge in [0.25, 0.3) is 0 Å². The van der Waals surface area contributed by atoms with E-state index in [0.29, 0.717) is 17.8 Å². The van der Waals surface area contributed by atoms with Crippen LogP contribution in [0.1, 0.15) is 36.1 Å². The van der Waals surface area contributed by atoms with Crippen LogP contribution in [0, 0.1) is 11.8 Å². The molecule has 0 bridgehead atoms. The summed E-state index contributed by atoms with van der Waals surface area (Å²) in [7, 11) is -4.64. The summed E-state index contributed by atoms with van der Waals surface area (Å²) in [5.41, 5.74) is 2.52. The van der Waals surface area contributed by atoms with E-state index in [1.54, 1.807) is 6.07 Å². The van der Waals surface area contributed by atoms with E-state index < -0.39 is 19.6 Å². The minimum Gasteiger partial charge on any atom is -0.358 e. The molecule has 2 aliphatic rings. The number of hydrogen-bond donors (Lipinski definition) is 5. The van der Waals surface area contributed by atoms with Gasteiger partial charge in [-0.1, -0.05) is 6.92 Å². The highest BCUT2D eigenvalue weighted by Gasteiger charge is 2.38. The lowest BCUT2D eigenvalue weighted by molar-refractivity contribution is -0.137. The molecular weight excluding hydrogens is 384 g/mol. The van der Waals surface area contributed by atoms with Crippen molar-refractivity contribution < 1.29 is 32.4 Å². The van der Waals surface area contributed by atoms with Crippen LogP contribution < -0.4 is 5.32 Å². The third kappa shape index (κ3) is 4.55. The zero-order valence-electron chi connectivity index (χ0n) is 14.6. The van der Waals surface area contributed by atoms with E-state index in [0.717, 1.165) is 48.1 Å². The topological polar surface area (TPSA) is 106 Å². The van der Waals surface area contributed by atoms with Crippen LogP contribution in [0.3, 0.4) is 0 Å². The first-order valence-electron chi connectivity index (χ1n) is 8.66. The number of hydrogen-bond acceptors (Lipinski definition) is 2. The van der Waals surface area contributed by atoms with Crippen LogP contribution in [0.4, 0.5) is 13.2 Å². The first kappa shape index (κ1) is 20.4. The van der Waals surface area contributed by atoms with Crippen LogP contribution in [-0.4, -0.2) is 32.8 Å². The standard InChI is InChI=1S/C17H19F3N2.H3O4P/c1-9-13-8-21-5-4-10(13)6-15-16(9)12-7-11(17(18,19)20)2-3-14(12)22-15;1-5(2,3)4/h2-3,7,9-10,13,21-22H,4-6,8H2,1H3;(H3,1,2,3,4)/t9-,10-,13-;/m1./s1. The first-order valence-corrected chi connectivity index (χ1v) is 10.2. The molecule has 1 aliphatic heterocycles. The number of alkyl halides is 3. The van der Waals surface area contributed by atoms with Crippen LogP contribution in [0.2, 0.25) is 0 Å². The van der Waals surface area contributed by atoms with Gasteiger partial charge >= 0.3 is 14.0 Å².